The summed E-state index contributed by atoms with van der Waals surface area (Å²) in [5.74, 6) is 1.28. The number of H-pyrrole nitrogens is 1. The molecular weight excluding hydrogens is 424 g/mol. The number of likely N-dealkylation sites (N-methyl/N-ethyl adjacent to an activating group) is 1. The zero-order valence-corrected chi connectivity index (χ0v) is 19.2. The monoisotopic (exact) mass is 452 g/mol. The molecule has 0 unspecified atom stereocenters. The van der Waals surface area contributed by atoms with Gasteiger partial charge in [-0.2, -0.15) is 5.10 Å². The first-order chi connectivity index (χ1) is 15.4. The molecule has 0 aliphatic carbocycles. The summed E-state index contributed by atoms with van der Waals surface area (Å²) in [6.07, 6.45) is 6.81. The van der Waals surface area contributed by atoms with Crippen LogP contribution in [0.1, 0.15) is 31.4 Å². The fraction of sp³-hybridized carbons (Fsp3) is 0.348. The van der Waals surface area contributed by atoms with E-state index in [1.165, 1.54) is 11.9 Å². The lowest BCUT2D eigenvalue weighted by Gasteiger charge is -2.44. The van der Waals surface area contributed by atoms with Gasteiger partial charge in [0, 0.05) is 41.6 Å². The fourth-order valence-electron chi connectivity index (χ4n) is 4.33. The molecule has 0 radical (unpaired) electrons. The number of rotatable bonds is 7. The van der Waals surface area contributed by atoms with Crippen LogP contribution in [0.15, 0.2) is 55.3 Å². The van der Waals surface area contributed by atoms with Gasteiger partial charge in [-0.15, -0.1) is 0 Å². The Morgan fingerprint density at radius 1 is 1.25 bits per heavy atom. The number of aromatic nitrogens is 4. The minimum Gasteiger partial charge on any atom is -0.383 e. The van der Waals surface area contributed by atoms with E-state index in [9.17, 15) is 0 Å². The van der Waals surface area contributed by atoms with Crippen molar-refractivity contribution in [3.63, 3.8) is 0 Å². The molecular formula is C23H29ClN8. The number of hydrogen-bond acceptors (Lipinski definition) is 7. The number of anilines is 2. The summed E-state index contributed by atoms with van der Waals surface area (Å²) in [6.45, 7) is 8.14. The number of piperidine rings is 1. The molecule has 0 spiro atoms. The van der Waals surface area contributed by atoms with Crippen molar-refractivity contribution in [1.82, 2.24) is 30.8 Å². The summed E-state index contributed by atoms with van der Waals surface area (Å²) in [5, 5.41) is 14.8. The van der Waals surface area contributed by atoms with Crippen LogP contribution in [0.25, 0.3) is 11.1 Å². The molecule has 0 bridgehead atoms. The highest BCUT2D eigenvalue weighted by Gasteiger charge is 2.37. The molecule has 1 atom stereocenters. The SMILES string of the molecule is C=C(N[C@@H](C)c1ccc(Cl)cc1)C1(NC)CCN(c2ncnc(N)c2-c2cn[nH]c2)CC1. The van der Waals surface area contributed by atoms with Gasteiger partial charge in [0.15, 0.2) is 0 Å². The van der Waals surface area contributed by atoms with Crippen LogP contribution in [0.2, 0.25) is 5.02 Å². The molecule has 3 heterocycles. The lowest BCUT2D eigenvalue weighted by molar-refractivity contribution is 0.305. The topological polar surface area (TPSA) is 108 Å². The van der Waals surface area contributed by atoms with Gasteiger partial charge in [-0.3, -0.25) is 5.10 Å². The van der Waals surface area contributed by atoms with Crippen LogP contribution in [-0.2, 0) is 0 Å². The number of halogens is 1. The van der Waals surface area contributed by atoms with E-state index in [2.05, 4.69) is 49.2 Å². The highest BCUT2D eigenvalue weighted by atomic mass is 35.5. The molecule has 0 saturated carbocycles. The van der Waals surface area contributed by atoms with E-state index in [1.54, 1.807) is 6.20 Å². The van der Waals surface area contributed by atoms with Crippen LogP contribution in [0, 0.1) is 0 Å². The highest BCUT2D eigenvalue weighted by Crippen LogP contribution is 2.36. The van der Waals surface area contributed by atoms with Gasteiger partial charge >= 0.3 is 0 Å². The first kappa shape index (κ1) is 22.1. The Hall–Kier alpha value is -3.10. The normalized spacial score (nSPS) is 16.5. The third-order valence-electron chi connectivity index (χ3n) is 6.38. The van der Waals surface area contributed by atoms with Crippen LogP contribution in [0.5, 0.6) is 0 Å². The van der Waals surface area contributed by atoms with E-state index in [0.29, 0.717) is 5.82 Å². The van der Waals surface area contributed by atoms with Gasteiger partial charge in [0.05, 0.1) is 17.3 Å². The number of nitrogens with one attached hydrogen (secondary N) is 3. The minimum atomic E-state index is -0.217. The van der Waals surface area contributed by atoms with E-state index in [1.807, 2.05) is 37.5 Å². The largest absolute Gasteiger partial charge is 0.383 e. The van der Waals surface area contributed by atoms with E-state index in [-0.39, 0.29) is 11.6 Å². The first-order valence-corrected chi connectivity index (χ1v) is 11.1. The number of nitrogens with zero attached hydrogens (tertiary/aromatic N) is 4. The second-order valence-electron chi connectivity index (χ2n) is 8.16. The van der Waals surface area contributed by atoms with E-state index < -0.39 is 0 Å². The number of hydrogen-bond donors (Lipinski definition) is 4. The van der Waals surface area contributed by atoms with Crippen LogP contribution in [-0.4, -0.2) is 45.8 Å². The van der Waals surface area contributed by atoms with E-state index >= 15 is 0 Å². The molecule has 1 aliphatic rings. The predicted octanol–water partition coefficient (Wildman–Crippen LogP) is 3.53. The maximum atomic E-state index is 6.20. The number of aromatic amines is 1. The minimum absolute atomic E-state index is 0.123. The Morgan fingerprint density at radius 3 is 2.59 bits per heavy atom. The summed E-state index contributed by atoms with van der Waals surface area (Å²) in [5.41, 5.74) is 9.83. The number of nitrogens with two attached hydrogens (primary N) is 1. The zero-order chi connectivity index (χ0) is 22.7. The van der Waals surface area contributed by atoms with Gasteiger partial charge in [0.1, 0.15) is 18.0 Å². The fourth-order valence-corrected chi connectivity index (χ4v) is 4.46. The van der Waals surface area contributed by atoms with Crippen molar-refractivity contribution < 1.29 is 0 Å². The molecule has 8 nitrogen and oxygen atoms in total. The second-order valence-corrected chi connectivity index (χ2v) is 8.60. The van der Waals surface area contributed by atoms with Gasteiger partial charge in [0.2, 0.25) is 0 Å². The van der Waals surface area contributed by atoms with Crippen LogP contribution < -0.4 is 21.3 Å². The van der Waals surface area contributed by atoms with Crippen LogP contribution >= 0.6 is 11.6 Å². The standard InChI is InChI=1S/C23H29ClN8/c1-15(17-4-6-19(24)7-5-17)31-16(2)23(26-3)8-10-32(11-9-23)22-20(18-12-29-30-13-18)21(25)27-14-28-22/h4-7,12-15,26,31H,2,8-11H2,1,3H3,(H,29,30)(H2,25,27,28)/t15-/m0/s1. The van der Waals surface area contributed by atoms with Crippen LogP contribution in [0.4, 0.5) is 11.6 Å². The Kier molecular flexibility index (Phi) is 6.34. The first-order valence-electron chi connectivity index (χ1n) is 10.7. The molecule has 4 rings (SSSR count). The molecule has 168 valence electrons. The average Bonchev–Trinajstić information content (AvgIpc) is 3.33. The molecule has 2 aromatic heterocycles. The lowest BCUT2D eigenvalue weighted by atomic mass is 9.84. The van der Waals surface area contributed by atoms with E-state index in [4.69, 9.17) is 17.3 Å². The molecule has 5 N–H and O–H groups in total. The quantitative estimate of drug-likeness (QED) is 0.434. The van der Waals surface area contributed by atoms with Crippen molar-refractivity contribution in [2.24, 2.45) is 0 Å². The van der Waals surface area contributed by atoms with Crippen molar-refractivity contribution in [2.75, 3.05) is 30.8 Å². The third-order valence-corrected chi connectivity index (χ3v) is 6.63. The van der Waals surface area contributed by atoms with Gasteiger partial charge in [0.25, 0.3) is 0 Å². The maximum absolute atomic E-state index is 6.20. The number of benzene rings is 1. The van der Waals surface area contributed by atoms with Gasteiger partial charge in [-0.1, -0.05) is 30.3 Å². The lowest BCUT2D eigenvalue weighted by Crippen LogP contribution is -2.56. The summed E-state index contributed by atoms with van der Waals surface area (Å²) in [7, 11) is 2.00. The van der Waals surface area contributed by atoms with Gasteiger partial charge in [-0.05, 0) is 44.5 Å². The van der Waals surface area contributed by atoms with Crippen LogP contribution in [0.3, 0.4) is 0 Å². The van der Waals surface area contributed by atoms with Crippen molar-refractivity contribution in [1.29, 1.82) is 0 Å². The zero-order valence-electron chi connectivity index (χ0n) is 18.4. The third kappa shape index (κ3) is 4.28. The van der Waals surface area contributed by atoms with Crippen molar-refractivity contribution in [3.8, 4) is 11.1 Å². The van der Waals surface area contributed by atoms with Crippen molar-refractivity contribution >= 4 is 23.2 Å². The summed E-state index contributed by atoms with van der Waals surface area (Å²) in [4.78, 5) is 11.0. The van der Waals surface area contributed by atoms with Crippen molar-refractivity contribution in [2.45, 2.75) is 31.3 Å². The molecule has 32 heavy (non-hydrogen) atoms. The second kappa shape index (κ2) is 9.18. The molecule has 1 aliphatic heterocycles. The Bertz CT molecular complexity index is 1060. The van der Waals surface area contributed by atoms with Gasteiger partial charge in [-0.25, -0.2) is 9.97 Å². The molecule has 1 saturated heterocycles. The summed E-state index contributed by atoms with van der Waals surface area (Å²) in [6, 6.07) is 8.03. The molecule has 0 amide bonds. The smallest absolute Gasteiger partial charge is 0.142 e. The molecule has 1 fully saturated rings. The predicted molar refractivity (Wildman–Crippen MR) is 129 cm³/mol. The Labute approximate surface area is 193 Å². The number of nitrogen functional groups attached to an aromatic ring is 1. The van der Waals surface area contributed by atoms with E-state index in [0.717, 1.165) is 53.6 Å². The van der Waals surface area contributed by atoms with Gasteiger partial charge < -0.3 is 21.3 Å². The summed E-state index contributed by atoms with van der Waals surface area (Å²) >= 11 is 6.03. The Balaban J connectivity index is 1.48. The summed E-state index contributed by atoms with van der Waals surface area (Å²) < 4.78 is 0. The van der Waals surface area contributed by atoms with Crippen molar-refractivity contribution in [3.05, 3.63) is 65.8 Å². The average molecular weight is 453 g/mol. The maximum Gasteiger partial charge on any atom is 0.142 e. The molecule has 9 heteroatoms. The molecule has 1 aromatic carbocycles. The highest BCUT2D eigenvalue weighted by molar-refractivity contribution is 6.30. The Morgan fingerprint density at radius 2 is 1.97 bits per heavy atom. The molecule has 3 aromatic rings.